The van der Waals surface area contributed by atoms with Crippen LogP contribution in [0.5, 0.6) is 0 Å². The summed E-state index contributed by atoms with van der Waals surface area (Å²) in [7, 11) is 0. The Morgan fingerprint density at radius 3 is 2.50 bits per heavy atom. The van der Waals surface area contributed by atoms with Crippen molar-refractivity contribution in [1.82, 2.24) is 4.90 Å². The van der Waals surface area contributed by atoms with E-state index in [1.807, 2.05) is 41.1 Å². The number of hydrogen-bond acceptors (Lipinski definition) is 7. The maximum Gasteiger partial charge on any atom is 0.246 e. The fourth-order valence-electron chi connectivity index (χ4n) is 4.68. The van der Waals surface area contributed by atoms with Gasteiger partial charge in [0.25, 0.3) is 0 Å². The van der Waals surface area contributed by atoms with Gasteiger partial charge in [-0.25, -0.2) is 0 Å². The first-order chi connectivity index (χ1) is 16.5. The number of anilines is 3. The van der Waals surface area contributed by atoms with Crippen LogP contribution in [-0.4, -0.2) is 53.9 Å². The van der Waals surface area contributed by atoms with Gasteiger partial charge in [-0.3, -0.25) is 15.1 Å². The van der Waals surface area contributed by atoms with Gasteiger partial charge in [0.05, 0.1) is 11.8 Å². The van der Waals surface area contributed by atoms with E-state index < -0.39 is 0 Å². The van der Waals surface area contributed by atoms with Gasteiger partial charge in [-0.15, -0.1) is 0 Å². The largest absolute Gasteiger partial charge is 0.398 e. The molecule has 2 aromatic carbocycles. The summed E-state index contributed by atoms with van der Waals surface area (Å²) < 4.78 is 0. The fourth-order valence-corrected chi connectivity index (χ4v) is 5.36. The summed E-state index contributed by atoms with van der Waals surface area (Å²) >= 11 is 1.60. The number of nitrogen functional groups attached to an aromatic ring is 1. The molecule has 1 atom stereocenters. The summed E-state index contributed by atoms with van der Waals surface area (Å²) in [5.74, 6) is -0.0661. The second kappa shape index (κ2) is 9.58. The second-order valence-electron chi connectivity index (χ2n) is 8.97. The first kappa shape index (κ1) is 22.6. The molecule has 2 aliphatic rings. The monoisotopic (exact) mass is 475 g/mol. The molecule has 0 aliphatic carbocycles. The highest BCUT2D eigenvalue weighted by molar-refractivity contribution is 7.08. The number of likely N-dealkylation sites (tertiary alicyclic amines) is 1. The van der Waals surface area contributed by atoms with Crippen molar-refractivity contribution in [2.75, 3.05) is 42.1 Å². The van der Waals surface area contributed by atoms with E-state index in [1.54, 1.807) is 29.5 Å². The van der Waals surface area contributed by atoms with Crippen LogP contribution in [0.4, 0.5) is 17.1 Å². The summed E-state index contributed by atoms with van der Waals surface area (Å²) in [5, 5.41) is 25.4. The summed E-state index contributed by atoms with van der Waals surface area (Å²) in [5.41, 5.74) is 11.0. The zero-order chi connectivity index (χ0) is 23.7. The van der Waals surface area contributed by atoms with Crippen molar-refractivity contribution < 1.29 is 9.90 Å². The molecule has 7 nitrogen and oxygen atoms in total. The number of amides is 1. The van der Waals surface area contributed by atoms with Crippen molar-refractivity contribution in [3.8, 4) is 0 Å². The lowest BCUT2D eigenvalue weighted by Crippen LogP contribution is -2.50. The molecule has 0 saturated carbocycles. The van der Waals surface area contributed by atoms with Crippen LogP contribution in [0.25, 0.3) is 0 Å². The third-order valence-corrected chi connectivity index (χ3v) is 7.29. The number of aliphatic hydroxyl groups is 1. The Labute approximate surface area is 203 Å². The third-order valence-electron chi connectivity index (χ3n) is 6.59. The summed E-state index contributed by atoms with van der Waals surface area (Å²) in [6.45, 7) is 3.10. The molecule has 0 spiro atoms. The molecule has 2 fully saturated rings. The SMILES string of the molecule is N=C(c1ccc(N2CC(O)C2)cc1)c1cc(NC(=O)C(c2ccsc2)N2CCCC2)ccc1N. The Kier molecular flexibility index (Phi) is 6.36. The van der Waals surface area contributed by atoms with E-state index in [9.17, 15) is 9.90 Å². The minimum absolute atomic E-state index is 0.0661. The highest BCUT2D eigenvalue weighted by Gasteiger charge is 2.30. The van der Waals surface area contributed by atoms with Crippen LogP contribution < -0.4 is 16.0 Å². The van der Waals surface area contributed by atoms with Crippen molar-refractivity contribution in [3.05, 3.63) is 76.0 Å². The van der Waals surface area contributed by atoms with E-state index in [0.717, 1.165) is 42.7 Å². The van der Waals surface area contributed by atoms with Crippen LogP contribution in [0, 0.1) is 5.41 Å². The molecule has 2 aliphatic heterocycles. The molecule has 3 heterocycles. The van der Waals surface area contributed by atoms with Gasteiger partial charge in [0.2, 0.25) is 5.91 Å². The number of carbonyl (C=O) groups is 1. The van der Waals surface area contributed by atoms with E-state index in [2.05, 4.69) is 15.1 Å². The highest BCUT2D eigenvalue weighted by Crippen LogP contribution is 2.29. The van der Waals surface area contributed by atoms with Gasteiger partial charge in [-0.2, -0.15) is 11.3 Å². The number of nitrogens with zero attached hydrogens (tertiary/aromatic N) is 2. The minimum atomic E-state index is -0.318. The summed E-state index contributed by atoms with van der Waals surface area (Å²) in [4.78, 5) is 17.7. The Hall–Kier alpha value is -3.20. The molecule has 3 aromatic rings. The molecular formula is C26H29N5O2S. The number of carbonyl (C=O) groups excluding carboxylic acids is 1. The Balaban J connectivity index is 1.34. The molecule has 8 heteroatoms. The van der Waals surface area contributed by atoms with E-state index in [0.29, 0.717) is 35.7 Å². The predicted molar refractivity (Wildman–Crippen MR) is 138 cm³/mol. The summed E-state index contributed by atoms with van der Waals surface area (Å²) in [6, 6.07) is 14.7. The lowest BCUT2D eigenvalue weighted by atomic mass is 9.99. The number of β-amino-alcohol motifs (C(OH)–C–C–N with tert-alkyl or cyclic N) is 1. The number of rotatable bonds is 7. The number of nitrogens with one attached hydrogen (secondary N) is 2. The van der Waals surface area contributed by atoms with Crippen LogP contribution in [0.15, 0.2) is 59.3 Å². The zero-order valence-electron chi connectivity index (χ0n) is 18.9. The third kappa shape index (κ3) is 4.57. The summed E-state index contributed by atoms with van der Waals surface area (Å²) in [6.07, 6.45) is 1.95. The lowest BCUT2D eigenvalue weighted by molar-refractivity contribution is -0.121. The van der Waals surface area contributed by atoms with Crippen molar-refractivity contribution in [2.45, 2.75) is 25.0 Å². The highest BCUT2D eigenvalue weighted by atomic mass is 32.1. The van der Waals surface area contributed by atoms with Crippen LogP contribution >= 0.6 is 11.3 Å². The second-order valence-corrected chi connectivity index (χ2v) is 9.75. The fraction of sp³-hybridized carbons (Fsp3) is 0.308. The molecule has 5 rings (SSSR count). The van der Waals surface area contributed by atoms with Gasteiger partial charge >= 0.3 is 0 Å². The molecule has 0 bridgehead atoms. The zero-order valence-corrected chi connectivity index (χ0v) is 19.7. The van der Waals surface area contributed by atoms with Gasteiger partial charge in [0.15, 0.2) is 0 Å². The Bertz CT molecular complexity index is 1170. The molecule has 34 heavy (non-hydrogen) atoms. The quantitative estimate of drug-likeness (QED) is 0.308. The average molecular weight is 476 g/mol. The van der Waals surface area contributed by atoms with Gasteiger partial charge in [-0.05, 0) is 78.7 Å². The average Bonchev–Trinajstić information content (AvgIpc) is 3.53. The molecule has 2 saturated heterocycles. The van der Waals surface area contributed by atoms with Crippen LogP contribution in [0.3, 0.4) is 0 Å². The van der Waals surface area contributed by atoms with Gasteiger partial charge in [0.1, 0.15) is 6.04 Å². The minimum Gasteiger partial charge on any atom is -0.398 e. The molecule has 0 radical (unpaired) electrons. The number of hydrogen-bond donors (Lipinski definition) is 4. The molecule has 1 unspecified atom stereocenters. The van der Waals surface area contributed by atoms with Crippen molar-refractivity contribution in [2.24, 2.45) is 0 Å². The number of nitrogens with two attached hydrogens (primary N) is 1. The maximum absolute atomic E-state index is 13.3. The van der Waals surface area contributed by atoms with Crippen LogP contribution in [0.2, 0.25) is 0 Å². The lowest BCUT2D eigenvalue weighted by Gasteiger charge is -2.37. The maximum atomic E-state index is 13.3. The molecule has 1 amide bonds. The molecule has 176 valence electrons. The molecule has 5 N–H and O–H groups in total. The van der Waals surface area contributed by atoms with Crippen LogP contribution in [0.1, 0.15) is 35.6 Å². The topological polar surface area (TPSA) is 106 Å². The van der Waals surface area contributed by atoms with Crippen LogP contribution in [-0.2, 0) is 4.79 Å². The van der Waals surface area contributed by atoms with E-state index >= 15 is 0 Å². The van der Waals surface area contributed by atoms with E-state index in [1.165, 1.54) is 0 Å². The first-order valence-corrected chi connectivity index (χ1v) is 12.5. The molecular weight excluding hydrogens is 446 g/mol. The van der Waals surface area contributed by atoms with Gasteiger partial charge in [-0.1, -0.05) is 12.1 Å². The van der Waals surface area contributed by atoms with Crippen molar-refractivity contribution in [1.29, 1.82) is 5.41 Å². The number of benzene rings is 2. The predicted octanol–water partition coefficient (Wildman–Crippen LogP) is 3.70. The number of aliphatic hydroxyl groups excluding tert-OH is 1. The van der Waals surface area contributed by atoms with E-state index in [-0.39, 0.29) is 18.1 Å². The molecule has 1 aromatic heterocycles. The van der Waals surface area contributed by atoms with Crippen molar-refractivity contribution >= 4 is 40.0 Å². The normalized spacial score (nSPS) is 17.4. The van der Waals surface area contributed by atoms with Gasteiger partial charge < -0.3 is 21.1 Å². The smallest absolute Gasteiger partial charge is 0.246 e. The first-order valence-electron chi connectivity index (χ1n) is 11.6. The number of thiophene rings is 1. The Morgan fingerprint density at radius 1 is 1.12 bits per heavy atom. The standard InChI is InChI=1S/C26H29N5O2S/c27-23-8-5-19(29-26(33)25(18-9-12-34-16-18)30-10-1-2-11-30)13-22(23)24(28)17-3-6-20(7-4-17)31-14-21(32)15-31/h3-9,12-13,16,21,25,28,32H,1-2,10-11,14-15,27H2,(H,29,33). The van der Waals surface area contributed by atoms with Gasteiger partial charge in [0, 0.05) is 41.3 Å². The Morgan fingerprint density at radius 2 is 1.85 bits per heavy atom. The van der Waals surface area contributed by atoms with E-state index in [4.69, 9.17) is 11.1 Å². The van der Waals surface area contributed by atoms with Crippen molar-refractivity contribution in [3.63, 3.8) is 0 Å².